The summed E-state index contributed by atoms with van der Waals surface area (Å²) in [5, 5.41) is 17.6. The largest absolute Gasteiger partial charge is 0.417 e. The van der Waals surface area contributed by atoms with Crippen LogP contribution in [0, 0.1) is 5.82 Å². The highest BCUT2D eigenvalue weighted by molar-refractivity contribution is 7.19. The number of aliphatic hydroxyl groups excluding tert-OH is 1. The van der Waals surface area contributed by atoms with Gasteiger partial charge in [0, 0.05) is 20.2 Å². The van der Waals surface area contributed by atoms with Crippen LogP contribution in [0.1, 0.15) is 42.1 Å². The molecule has 4 atom stereocenters. The summed E-state index contributed by atoms with van der Waals surface area (Å²) in [7, 11) is 3.27. The van der Waals surface area contributed by atoms with Gasteiger partial charge in [-0.1, -0.05) is 17.4 Å². The fourth-order valence-corrected chi connectivity index (χ4v) is 5.11. The Bertz CT molecular complexity index is 1220. The number of nitrogens with two attached hydrogens (primary N) is 2. The number of aliphatic hydroxyl groups is 1. The Morgan fingerprint density at radius 1 is 1.33 bits per heavy atom. The minimum atomic E-state index is -4.80. The lowest BCUT2D eigenvalue weighted by molar-refractivity contribution is -0.137. The van der Waals surface area contributed by atoms with Crippen LogP contribution in [0.15, 0.2) is 24.4 Å². The quantitative estimate of drug-likeness (QED) is 0.281. The SMILES string of the molecule is CO[C@H]1CO[C@H](c2c(NC(O)c3nc(-c4c(F)cccc4C(F)(F)F)sc3N)cnn2C)CC[C@H]1N. The van der Waals surface area contributed by atoms with Gasteiger partial charge in [0.2, 0.25) is 0 Å². The number of aromatic nitrogens is 3. The van der Waals surface area contributed by atoms with Gasteiger partial charge in [-0.3, -0.25) is 4.68 Å². The van der Waals surface area contributed by atoms with Crippen molar-refractivity contribution >= 4 is 22.0 Å². The van der Waals surface area contributed by atoms with Gasteiger partial charge in [0.1, 0.15) is 27.6 Å². The molecule has 9 nitrogen and oxygen atoms in total. The fraction of sp³-hybridized carbons (Fsp3) is 0.455. The Hall–Kier alpha value is -2.78. The normalized spacial score (nSPS) is 21.8. The lowest BCUT2D eigenvalue weighted by atomic mass is 10.0. The Morgan fingerprint density at radius 3 is 2.78 bits per heavy atom. The molecule has 1 aromatic carbocycles. The number of rotatable bonds is 6. The van der Waals surface area contributed by atoms with Gasteiger partial charge in [-0.05, 0) is 25.0 Å². The third-order valence-electron chi connectivity index (χ3n) is 6.06. The molecule has 0 aliphatic carbocycles. The molecular weight excluding hydrogens is 504 g/mol. The molecule has 3 aromatic rings. The zero-order valence-corrected chi connectivity index (χ0v) is 20.2. The summed E-state index contributed by atoms with van der Waals surface area (Å²) in [4.78, 5) is 4.06. The summed E-state index contributed by atoms with van der Waals surface area (Å²) in [6.45, 7) is 0.266. The molecule has 3 heterocycles. The number of anilines is 2. The molecule has 0 saturated carbocycles. The highest BCUT2D eigenvalue weighted by Gasteiger charge is 2.36. The van der Waals surface area contributed by atoms with Gasteiger partial charge in [0.25, 0.3) is 0 Å². The van der Waals surface area contributed by atoms with Crippen LogP contribution in [0.4, 0.5) is 28.3 Å². The minimum absolute atomic E-state index is 0.0635. The average Bonchev–Trinajstić information content (AvgIpc) is 3.31. The first-order valence-electron chi connectivity index (χ1n) is 11.0. The summed E-state index contributed by atoms with van der Waals surface area (Å²) < 4.78 is 67.8. The number of methoxy groups -OCH3 is 1. The molecule has 4 rings (SSSR count). The van der Waals surface area contributed by atoms with Crippen molar-refractivity contribution in [1.29, 1.82) is 0 Å². The van der Waals surface area contributed by atoms with E-state index in [1.165, 1.54) is 6.20 Å². The molecule has 0 radical (unpaired) electrons. The van der Waals surface area contributed by atoms with Gasteiger partial charge in [-0.25, -0.2) is 9.37 Å². The van der Waals surface area contributed by atoms with Crippen LogP contribution < -0.4 is 16.8 Å². The van der Waals surface area contributed by atoms with Crippen LogP contribution in [0.3, 0.4) is 0 Å². The first kappa shape index (κ1) is 26.3. The van der Waals surface area contributed by atoms with Crippen molar-refractivity contribution in [3.63, 3.8) is 0 Å². The molecule has 196 valence electrons. The Kier molecular flexibility index (Phi) is 7.52. The van der Waals surface area contributed by atoms with E-state index >= 15 is 0 Å². The number of nitrogens with zero attached hydrogens (tertiary/aromatic N) is 3. The molecule has 0 bridgehead atoms. The topological polar surface area (TPSA) is 133 Å². The maximum atomic E-state index is 14.4. The van der Waals surface area contributed by atoms with E-state index in [-0.39, 0.29) is 34.5 Å². The van der Waals surface area contributed by atoms with E-state index < -0.39 is 35.5 Å². The van der Waals surface area contributed by atoms with E-state index in [9.17, 15) is 22.7 Å². The van der Waals surface area contributed by atoms with Crippen molar-refractivity contribution in [1.82, 2.24) is 14.8 Å². The van der Waals surface area contributed by atoms with Crippen LogP contribution in [0.2, 0.25) is 0 Å². The predicted molar refractivity (Wildman–Crippen MR) is 125 cm³/mol. The Balaban J connectivity index is 1.61. The van der Waals surface area contributed by atoms with Gasteiger partial charge in [0.15, 0.2) is 6.23 Å². The van der Waals surface area contributed by atoms with Crippen molar-refractivity contribution in [2.45, 2.75) is 43.5 Å². The molecule has 6 N–H and O–H groups in total. The van der Waals surface area contributed by atoms with Gasteiger partial charge < -0.3 is 31.4 Å². The number of nitrogen functional groups attached to an aromatic ring is 1. The fourth-order valence-electron chi connectivity index (χ4n) is 4.19. The number of halogens is 4. The first-order valence-corrected chi connectivity index (χ1v) is 11.8. The monoisotopic (exact) mass is 530 g/mol. The second-order valence-corrected chi connectivity index (χ2v) is 9.41. The highest BCUT2D eigenvalue weighted by Crippen LogP contribution is 2.42. The van der Waals surface area contributed by atoms with Crippen molar-refractivity contribution in [2.24, 2.45) is 12.8 Å². The number of alkyl halides is 3. The second-order valence-electron chi connectivity index (χ2n) is 8.38. The zero-order chi connectivity index (χ0) is 26.2. The maximum Gasteiger partial charge on any atom is 0.417 e. The standard InChI is InChI=1S/C22H26F4N6O3S/c1-32-18(14-7-6-12(27)15(34-2)9-35-14)13(8-29-32)30-20(33)17-19(28)36-21(31-17)16-10(22(24,25)26)4-3-5-11(16)23/h3-5,8,12,14-15,20,30,33H,6-7,9,27-28H2,1-2H3/t12-,14+,15+,20?/m1/s1. The van der Waals surface area contributed by atoms with E-state index in [1.54, 1.807) is 18.8 Å². The highest BCUT2D eigenvalue weighted by atomic mass is 32.1. The second kappa shape index (κ2) is 10.3. The van der Waals surface area contributed by atoms with E-state index in [4.69, 9.17) is 20.9 Å². The Labute approximate surface area is 208 Å². The minimum Gasteiger partial charge on any atom is -0.389 e. The molecule has 2 aromatic heterocycles. The van der Waals surface area contributed by atoms with Crippen molar-refractivity contribution < 1.29 is 32.1 Å². The number of benzene rings is 1. The maximum absolute atomic E-state index is 14.4. The van der Waals surface area contributed by atoms with Crippen molar-refractivity contribution in [3.8, 4) is 10.6 Å². The van der Waals surface area contributed by atoms with Gasteiger partial charge in [-0.2, -0.15) is 18.3 Å². The molecule has 1 aliphatic rings. The van der Waals surface area contributed by atoms with Gasteiger partial charge >= 0.3 is 6.18 Å². The van der Waals surface area contributed by atoms with Crippen molar-refractivity contribution in [2.75, 3.05) is 24.8 Å². The number of hydrogen-bond acceptors (Lipinski definition) is 9. The average molecular weight is 531 g/mol. The Morgan fingerprint density at radius 2 is 2.08 bits per heavy atom. The molecule has 36 heavy (non-hydrogen) atoms. The van der Waals surface area contributed by atoms with Crippen LogP contribution in [0.25, 0.3) is 10.6 Å². The number of ether oxygens (including phenoxy) is 2. The van der Waals surface area contributed by atoms with Gasteiger partial charge in [0.05, 0.1) is 41.4 Å². The molecule has 1 aliphatic heterocycles. The lowest BCUT2D eigenvalue weighted by Crippen LogP contribution is -2.37. The van der Waals surface area contributed by atoms with E-state index in [2.05, 4.69) is 15.4 Å². The van der Waals surface area contributed by atoms with Crippen LogP contribution in [-0.4, -0.2) is 45.7 Å². The van der Waals surface area contributed by atoms with Crippen molar-refractivity contribution in [3.05, 3.63) is 47.2 Å². The summed E-state index contributed by atoms with van der Waals surface area (Å²) >= 11 is 0.647. The summed E-state index contributed by atoms with van der Waals surface area (Å²) in [6.07, 6.45) is -4.32. The lowest BCUT2D eigenvalue weighted by Gasteiger charge is -2.20. The van der Waals surface area contributed by atoms with Gasteiger partial charge in [-0.15, -0.1) is 0 Å². The zero-order valence-electron chi connectivity index (χ0n) is 19.4. The molecule has 1 saturated heterocycles. The molecular formula is C22H26F4N6O3S. The summed E-state index contributed by atoms with van der Waals surface area (Å²) in [6, 6.07) is 2.44. The number of hydrogen-bond donors (Lipinski definition) is 4. The number of nitrogens with one attached hydrogen (secondary N) is 1. The van der Waals surface area contributed by atoms with Crippen LogP contribution in [0.5, 0.6) is 0 Å². The smallest absolute Gasteiger partial charge is 0.389 e. The molecule has 14 heteroatoms. The molecule has 1 fully saturated rings. The van der Waals surface area contributed by atoms with E-state index in [0.717, 1.165) is 18.2 Å². The third-order valence-corrected chi connectivity index (χ3v) is 6.98. The number of aryl methyl sites for hydroxylation is 1. The molecule has 1 unspecified atom stereocenters. The van der Waals surface area contributed by atoms with Crippen LogP contribution >= 0.6 is 11.3 Å². The van der Waals surface area contributed by atoms with E-state index in [1.807, 2.05) is 0 Å². The molecule has 0 spiro atoms. The van der Waals surface area contributed by atoms with Crippen LogP contribution in [-0.2, 0) is 22.7 Å². The molecule has 0 amide bonds. The third kappa shape index (κ3) is 5.18. The predicted octanol–water partition coefficient (Wildman–Crippen LogP) is 3.58. The summed E-state index contributed by atoms with van der Waals surface area (Å²) in [5.41, 5.74) is 11.1. The van der Waals surface area contributed by atoms with E-state index in [0.29, 0.717) is 35.6 Å². The first-order chi connectivity index (χ1) is 17.0. The number of thiazole rings is 1. The summed E-state index contributed by atoms with van der Waals surface area (Å²) in [5.74, 6) is -1.10.